The van der Waals surface area contributed by atoms with E-state index in [0.29, 0.717) is 0 Å². The molecule has 3 aromatic rings. The van der Waals surface area contributed by atoms with Gasteiger partial charge in [-0.05, 0) is 43.5 Å². The number of aromatic nitrogens is 1. The minimum atomic E-state index is -0.00899. The summed E-state index contributed by atoms with van der Waals surface area (Å²) in [5, 5.41) is 11.5. The summed E-state index contributed by atoms with van der Waals surface area (Å²) in [6, 6.07) is 15.0. The van der Waals surface area contributed by atoms with Crippen LogP contribution in [-0.2, 0) is 6.54 Å². The van der Waals surface area contributed by atoms with Crippen LogP contribution in [0.25, 0.3) is 21.8 Å². The van der Waals surface area contributed by atoms with Gasteiger partial charge in [-0.25, -0.2) is 0 Å². The van der Waals surface area contributed by atoms with Gasteiger partial charge in [-0.2, -0.15) is 0 Å². The molecule has 0 fully saturated rings. The van der Waals surface area contributed by atoms with Gasteiger partial charge in [-0.1, -0.05) is 24.3 Å². The molecule has 1 heterocycles. The van der Waals surface area contributed by atoms with Gasteiger partial charge in [0.15, 0.2) is 0 Å². The Morgan fingerprint density at radius 3 is 2.62 bits per heavy atom. The number of aryl methyl sites for hydroxylation is 1. The van der Waals surface area contributed by atoms with Crippen LogP contribution >= 0.6 is 0 Å². The molecule has 1 aromatic heterocycles. The third kappa shape index (κ3) is 2.43. The van der Waals surface area contributed by atoms with E-state index in [9.17, 15) is 0 Å². The molecule has 110 valence electrons. The van der Waals surface area contributed by atoms with E-state index in [2.05, 4.69) is 54.0 Å². The normalized spacial score (nSPS) is 13.1. The first-order valence-electron chi connectivity index (χ1n) is 7.63. The topological polar surface area (TPSA) is 51.2 Å². The fourth-order valence-corrected chi connectivity index (χ4v) is 3.12. The molecule has 3 N–H and O–H groups in total. The van der Waals surface area contributed by atoms with E-state index in [-0.39, 0.29) is 12.6 Å². The van der Waals surface area contributed by atoms with Gasteiger partial charge in [0, 0.05) is 41.0 Å². The number of hydrogen-bond acceptors (Lipinski definition) is 2. The second-order valence-corrected chi connectivity index (χ2v) is 5.51. The van der Waals surface area contributed by atoms with Crippen LogP contribution in [0.3, 0.4) is 0 Å². The highest BCUT2D eigenvalue weighted by atomic mass is 16.2. The number of hydrogen-bond donors (Lipinski definition) is 2. The Balaban J connectivity index is 2.15. The highest BCUT2D eigenvalue weighted by molar-refractivity contribution is 6.08. The van der Waals surface area contributed by atoms with Crippen LogP contribution in [0.15, 0.2) is 42.5 Å². The van der Waals surface area contributed by atoms with Crippen LogP contribution < -0.4 is 5.73 Å². The van der Waals surface area contributed by atoms with Crippen LogP contribution in [-0.4, -0.2) is 16.3 Å². The highest BCUT2D eigenvalue weighted by Crippen LogP contribution is 2.31. The molecule has 1 atom stereocenters. The Hall–Kier alpha value is -1.84. The Morgan fingerprint density at radius 2 is 1.86 bits per heavy atom. The van der Waals surface area contributed by atoms with Gasteiger partial charge in [0.05, 0.1) is 0 Å². The molecular formula is C18H22N2O. The Bertz CT molecular complexity index is 760. The van der Waals surface area contributed by atoms with Crippen LogP contribution in [0.2, 0.25) is 0 Å². The molecule has 0 amide bonds. The molecule has 0 radical (unpaired) electrons. The Morgan fingerprint density at radius 1 is 1.10 bits per heavy atom. The quantitative estimate of drug-likeness (QED) is 0.751. The summed E-state index contributed by atoms with van der Waals surface area (Å²) in [5.74, 6) is 0. The van der Waals surface area contributed by atoms with Crippen LogP contribution in [0.4, 0.5) is 0 Å². The zero-order valence-electron chi connectivity index (χ0n) is 12.4. The summed E-state index contributed by atoms with van der Waals surface area (Å²) < 4.78 is 2.34. The molecule has 3 rings (SSSR count). The molecule has 0 aliphatic carbocycles. The summed E-state index contributed by atoms with van der Waals surface area (Å²) in [7, 11) is 0. The van der Waals surface area contributed by atoms with Crippen molar-refractivity contribution < 1.29 is 5.11 Å². The second-order valence-electron chi connectivity index (χ2n) is 5.51. The third-order valence-corrected chi connectivity index (χ3v) is 4.21. The largest absolute Gasteiger partial charge is 0.396 e. The van der Waals surface area contributed by atoms with Crippen molar-refractivity contribution in [2.75, 3.05) is 6.61 Å². The second kappa shape index (κ2) is 5.88. The number of nitrogens with zero attached hydrogens (tertiary/aromatic N) is 1. The molecule has 2 aromatic carbocycles. The monoisotopic (exact) mass is 282 g/mol. The van der Waals surface area contributed by atoms with Crippen LogP contribution in [0.5, 0.6) is 0 Å². The maximum absolute atomic E-state index is 8.95. The average Bonchev–Trinajstić information content (AvgIpc) is 2.85. The van der Waals surface area contributed by atoms with Gasteiger partial charge in [0.2, 0.25) is 0 Å². The van der Waals surface area contributed by atoms with Crippen molar-refractivity contribution in [1.29, 1.82) is 0 Å². The smallest absolute Gasteiger partial charge is 0.0491 e. The predicted molar refractivity (Wildman–Crippen MR) is 88.4 cm³/mol. The van der Waals surface area contributed by atoms with E-state index in [1.54, 1.807) is 0 Å². The van der Waals surface area contributed by atoms with E-state index in [1.807, 2.05) is 0 Å². The standard InChI is InChI=1S/C18H22N2O/c1-2-20-17-8-4-3-6-14(17)15-12-13(9-10-18(15)20)16(19)7-5-11-21/h3-4,6,8-10,12,16,21H,2,5,7,11,19H2,1H3/t16-/m1/s1. The molecule has 0 saturated heterocycles. The Labute approximate surface area is 125 Å². The lowest BCUT2D eigenvalue weighted by atomic mass is 10.0. The first kappa shape index (κ1) is 14.1. The lowest BCUT2D eigenvalue weighted by Gasteiger charge is -2.11. The maximum Gasteiger partial charge on any atom is 0.0491 e. The molecule has 0 bridgehead atoms. The van der Waals surface area contributed by atoms with Crippen molar-refractivity contribution in [3.63, 3.8) is 0 Å². The van der Waals surface area contributed by atoms with Crippen LogP contribution in [0.1, 0.15) is 31.4 Å². The fourth-order valence-electron chi connectivity index (χ4n) is 3.12. The summed E-state index contributed by atoms with van der Waals surface area (Å²) in [5.41, 5.74) is 9.92. The number of fused-ring (bicyclic) bond motifs is 3. The average molecular weight is 282 g/mol. The van der Waals surface area contributed by atoms with E-state index >= 15 is 0 Å². The molecule has 3 nitrogen and oxygen atoms in total. The van der Waals surface area contributed by atoms with Gasteiger partial charge >= 0.3 is 0 Å². The zero-order valence-corrected chi connectivity index (χ0v) is 12.4. The third-order valence-electron chi connectivity index (χ3n) is 4.21. The SMILES string of the molecule is CCn1c2ccccc2c2cc([C@H](N)CCCO)ccc21. The minimum Gasteiger partial charge on any atom is -0.396 e. The van der Waals surface area contributed by atoms with E-state index in [1.165, 1.54) is 21.8 Å². The Kier molecular flexibility index (Phi) is 3.95. The summed E-state index contributed by atoms with van der Waals surface area (Å²) in [6.45, 7) is 3.33. The molecule has 3 heteroatoms. The molecule has 0 aliphatic heterocycles. The van der Waals surface area contributed by atoms with Gasteiger partial charge in [0.25, 0.3) is 0 Å². The van der Waals surface area contributed by atoms with Crippen molar-refractivity contribution in [2.45, 2.75) is 32.4 Å². The number of aliphatic hydroxyl groups is 1. The van der Waals surface area contributed by atoms with Crippen LogP contribution in [0, 0.1) is 0 Å². The zero-order chi connectivity index (χ0) is 14.8. The maximum atomic E-state index is 8.95. The van der Waals surface area contributed by atoms with Crippen molar-refractivity contribution in [3.05, 3.63) is 48.0 Å². The fraction of sp³-hybridized carbons (Fsp3) is 0.333. The number of benzene rings is 2. The lowest BCUT2D eigenvalue weighted by Crippen LogP contribution is -2.10. The summed E-state index contributed by atoms with van der Waals surface area (Å²) >= 11 is 0. The van der Waals surface area contributed by atoms with Crippen molar-refractivity contribution in [1.82, 2.24) is 4.57 Å². The molecule has 0 spiro atoms. The predicted octanol–water partition coefficient (Wildman–Crippen LogP) is 3.59. The van der Waals surface area contributed by atoms with Crippen molar-refractivity contribution >= 4 is 21.8 Å². The van der Waals surface area contributed by atoms with E-state index < -0.39 is 0 Å². The number of rotatable bonds is 5. The summed E-state index contributed by atoms with van der Waals surface area (Å²) in [4.78, 5) is 0. The molecule has 0 saturated carbocycles. The van der Waals surface area contributed by atoms with Gasteiger partial charge in [-0.15, -0.1) is 0 Å². The van der Waals surface area contributed by atoms with Gasteiger partial charge in [-0.3, -0.25) is 0 Å². The molecule has 0 unspecified atom stereocenters. The van der Waals surface area contributed by atoms with Gasteiger partial charge in [0.1, 0.15) is 0 Å². The molecular weight excluding hydrogens is 260 g/mol. The molecule has 21 heavy (non-hydrogen) atoms. The van der Waals surface area contributed by atoms with Gasteiger partial charge < -0.3 is 15.4 Å². The minimum absolute atomic E-state index is 0.00899. The number of aliphatic hydroxyl groups excluding tert-OH is 1. The lowest BCUT2D eigenvalue weighted by molar-refractivity contribution is 0.280. The number of para-hydroxylation sites is 1. The molecule has 0 aliphatic rings. The van der Waals surface area contributed by atoms with E-state index in [4.69, 9.17) is 10.8 Å². The van der Waals surface area contributed by atoms with Crippen molar-refractivity contribution in [2.24, 2.45) is 5.73 Å². The first-order chi connectivity index (χ1) is 10.3. The van der Waals surface area contributed by atoms with Crippen molar-refractivity contribution in [3.8, 4) is 0 Å². The first-order valence-corrected chi connectivity index (χ1v) is 7.63. The number of nitrogens with two attached hydrogens (primary N) is 1. The highest BCUT2D eigenvalue weighted by Gasteiger charge is 2.12. The summed E-state index contributed by atoms with van der Waals surface area (Å²) in [6.07, 6.45) is 1.56. The van der Waals surface area contributed by atoms with E-state index in [0.717, 1.165) is 24.9 Å².